The van der Waals surface area contributed by atoms with Gasteiger partial charge >= 0.3 is 6.80 Å². The van der Waals surface area contributed by atoms with E-state index in [1.165, 1.54) is 94.9 Å². The zero-order valence-corrected chi connectivity index (χ0v) is 20.4. The molecule has 0 saturated heterocycles. The van der Waals surface area contributed by atoms with Crippen LogP contribution in [0.2, 0.25) is 0 Å². The first-order valence-electron chi connectivity index (χ1n) is 11.7. The van der Waals surface area contributed by atoms with Crippen LogP contribution in [0, 0.1) is 0 Å². The lowest BCUT2D eigenvalue weighted by molar-refractivity contribution is 0.236. The number of hydrogen-bond acceptors (Lipinski definition) is 4. The minimum atomic E-state index is -3.00. The van der Waals surface area contributed by atoms with Crippen LogP contribution in [0.4, 0.5) is 0 Å². The van der Waals surface area contributed by atoms with Crippen molar-refractivity contribution in [3.63, 3.8) is 0 Å². The first-order valence-corrected chi connectivity index (χ1v) is 14.7. The highest BCUT2D eigenvalue weighted by Gasteiger charge is 2.29. The van der Waals surface area contributed by atoms with Gasteiger partial charge in [-0.05, 0) is 38.1 Å². The van der Waals surface area contributed by atoms with E-state index in [-0.39, 0.29) is 0 Å². The molecular weight excluding hydrogens is 375 g/mol. The molecule has 0 aliphatic heterocycles. The molecule has 0 aromatic heterocycles. The van der Waals surface area contributed by atoms with Crippen LogP contribution in [-0.4, -0.2) is 18.5 Å². The smallest absolute Gasteiger partial charge is 0.301 e. The Hall–Kier alpha value is 0.500. The minimum Gasteiger partial charge on any atom is -0.301 e. The van der Waals surface area contributed by atoms with Crippen LogP contribution in [0.5, 0.6) is 0 Å². The Morgan fingerprint density at radius 3 is 1.37 bits per heavy atom. The molecule has 0 N–H and O–H groups in total. The molecule has 27 heavy (non-hydrogen) atoms. The van der Waals surface area contributed by atoms with Gasteiger partial charge in [0.1, 0.15) is 0 Å². The average molecular weight is 423 g/mol. The molecule has 5 heteroatoms. The van der Waals surface area contributed by atoms with E-state index >= 15 is 0 Å². The van der Waals surface area contributed by atoms with Crippen molar-refractivity contribution in [2.45, 2.75) is 129 Å². The Morgan fingerprint density at radius 2 is 1.00 bits per heavy atom. The van der Waals surface area contributed by atoms with Gasteiger partial charge in [0.2, 0.25) is 0 Å². The van der Waals surface area contributed by atoms with Crippen molar-refractivity contribution in [2.24, 2.45) is 0 Å². The molecule has 0 aromatic carbocycles. The summed E-state index contributed by atoms with van der Waals surface area (Å²) in [4.78, 5) is 0. The lowest BCUT2D eigenvalue weighted by atomic mass is 10.0. The van der Waals surface area contributed by atoms with Gasteiger partial charge in [0.05, 0.1) is 13.2 Å². The molecule has 0 fully saturated rings. The van der Waals surface area contributed by atoms with E-state index < -0.39 is 6.80 Å². The van der Waals surface area contributed by atoms with Crippen LogP contribution in [0.15, 0.2) is 0 Å². The third kappa shape index (κ3) is 17.1. The quantitative estimate of drug-likeness (QED) is 0.136. The Balaban J connectivity index is 4.32. The summed E-state index contributed by atoms with van der Waals surface area (Å²) in [7, 11) is 0. The maximum absolute atomic E-state index is 12.9. The standard InChI is InChI=1S/C22H47O3PS/c1-5-9-11-13-15-17-19-21-22(20-18-16-14-12-10-6-2)27-26(23,24-7-3)25-8-4/h22H,5-21H2,1-4H3. The van der Waals surface area contributed by atoms with Crippen LogP contribution in [-0.2, 0) is 13.6 Å². The molecule has 0 radical (unpaired) electrons. The van der Waals surface area contributed by atoms with Gasteiger partial charge in [-0.25, -0.2) is 4.57 Å². The topological polar surface area (TPSA) is 35.5 Å². The van der Waals surface area contributed by atoms with E-state index in [1.807, 2.05) is 13.8 Å². The van der Waals surface area contributed by atoms with Crippen molar-refractivity contribution >= 4 is 18.2 Å². The lowest BCUT2D eigenvalue weighted by Crippen LogP contribution is -2.05. The summed E-state index contributed by atoms with van der Waals surface area (Å²) in [5.41, 5.74) is 0. The molecule has 0 spiro atoms. The maximum atomic E-state index is 12.9. The van der Waals surface area contributed by atoms with Gasteiger partial charge in [0, 0.05) is 5.25 Å². The molecule has 0 rings (SSSR count). The molecule has 1 unspecified atom stereocenters. The first-order chi connectivity index (χ1) is 13.1. The molecule has 0 aliphatic rings. The normalized spacial score (nSPS) is 13.2. The number of rotatable bonds is 21. The van der Waals surface area contributed by atoms with Crippen molar-refractivity contribution in [3.05, 3.63) is 0 Å². The molecule has 0 saturated carbocycles. The predicted octanol–water partition coefficient (Wildman–Crippen LogP) is 9.16. The molecule has 0 aliphatic carbocycles. The maximum Gasteiger partial charge on any atom is 0.389 e. The average Bonchev–Trinajstić information content (AvgIpc) is 2.63. The third-order valence-electron chi connectivity index (χ3n) is 4.86. The van der Waals surface area contributed by atoms with E-state index in [0.717, 1.165) is 12.8 Å². The highest BCUT2D eigenvalue weighted by Crippen LogP contribution is 2.63. The van der Waals surface area contributed by atoms with Crippen LogP contribution >= 0.6 is 18.2 Å². The molecule has 0 amide bonds. The second-order valence-electron chi connectivity index (χ2n) is 7.48. The van der Waals surface area contributed by atoms with Crippen molar-refractivity contribution in [1.29, 1.82) is 0 Å². The molecule has 164 valence electrons. The number of unbranched alkanes of at least 4 members (excludes halogenated alkanes) is 11. The van der Waals surface area contributed by atoms with E-state index in [1.54, 1.807) is 0 Å². The van der Waals surface area contributed by atoms with Crippen LogP contribution in [0.3, 0.4) is 0 Å². The van der Waals surface area contributed by atoms with Gasteiger partial charge in [-0.15, -0.1) is 0 Å². The fourth-order valence-corrected chi connectivity index (χ4v) is 7.79. The summed E-state index contributed by atoms with van der Waals surface area (Å²) in [6.07, 6.45) is 19.4. The van der Waals surface area contributed by atoms with E-state index in [0.29, 0.717) is 18.5 Å². The van der Waals surface area contributed by atoms with E-state index in [2.05, 4.69) is 13.8 Å². The Labute approximate surface area is 174 Å². The molecule has 0 heterocycles. The Morgan fingerprint density at radius 1 is 0.630 bits per heavy atom. The zero-order valence-electron chi connectivity index (χ0n) is 18.7. The second kappa shape index (κ2) is 19.8. The van der Waals surface area contributed by atoms with Crippen LogP contribution in [0.1, 0.15) is 124 Å². The summed E-state index contributed by atoms with van der Waals surface area (Å²) in [5, 5.41) is 0.399. The molecule has 1 atom stereocenters. The third-order valence-corrected chi connectivity index (χ3v) is 9.34. The van der Waals surface area contributed by atoms with Crippen molar-refractivity contribution < 1.29 is 13.6 Å². The van der Waals surface area contributed by atoms with Crippen LogP contribution in [0.25, 0.3) is 0 Å². The highest BCUT2D eigenvalue weighted by molar-refractivity contribution is 8.55. The monoisotopic (exact) mass is 422 g/mol. The zero-order chi connectivity index (χ0) is 20.2. The predicted molar refractivity (Wildman–Crippen MR) is 123 cm³/mol. The molecular formula is C22H47O3PS. The minimum absolute atomic E-state index is 0.399. The molecule has 0 bridgehead atoms. The Kier molecular flexibility index (Phi) is 20.2. The van der Waals surface area contributed by atoms with Crippen molar-refractivity contribution in [3.8, 4) is 0 Å². The summed E-state index contributed by atoms with van der Waals surface area (Å²) in [6, 6.07) is 0. The van der Waals surface area contributed by atoms with Gasteiger partial charge in [0.15, 0.2) is 0 Å². The van der Waals surface area contributed by atoms with Gasteiger partial charge in [-0.3, -0.25) is 0 Å². The van der Waals surface area contributed by atoms with E-state index in [9.17, 15) is 4.57 Å². The number of hydrogen-bond donors (Lipinski definition) is 0. The van der Waals surface area contributed by atoms with Crippen molar-refractivity contribution in [1.82, 2.24) is 0 Å². The van der Waals surface area contributed by atoms with Gasteiger partial charge in [-0.2, -0.15) is 0 Å². The summed E-state index contributed by atoms with van der Waals surface area (Å²) in [5.74, 6) is 0. The second-order valence-corrected chi connectivity index (χ2v) is 11.7. The molecule has 0 aromatic rings. The van der Waals surface area contributed by atoms with Gasteiger partial charge < -0.3 is 9.05 Å². The first kappa shape index (κ1) is 27.5. The van der Waals surface area contributed by atoms with Crippen LogP contribution < -0.4 is 0 Å². The lowest BCUT2D eigenvalue weighted by Gasteiger charge is -2.22. The SMILES string of the molecule is CCCCCCCCCC(CCCCCCCC)SP(=O)(OCC)OCC. The highest BCUT2D eigenvalue weighted by atomic mass is 32.7. The fourth-order valence-electron chi connectivity index (χ4n) is 3.33. The summed E-state index contributed by atoms with van der Waals surface area (Å²) < 4.78 is 24.0. The summed E-state index contributed by atoms with van der Waals surface area (Å²) in [6.45, 7) is 6.21. The largest absolute Gasteiger partial charge is 0.389 e. The van der Waals surface area contributed by atoms with Gasteiger partial charge in [-0.1, -0.05) is 97.3 Å². The van der Waals surface area contributed by atoms with Crippen molar-refractivity contribution in [2.75, 3.05) is 13.2 Å². The summed E-state index contributed by atoms with van der Waals surface area (Å²) >= 11 is 1.49. The van der Waals surface area contributed by atoms with E-state index in [4.69, 9.17) is 9.05 Å². The molecule has 3 nitrogen and oxygen atoms in total. The fraction of sp³-hybridized carbons (Fsp3) is 1.00. The Bertz CT molecular complexity index is 342. The van der Waals surface area contributed by atoms with Gasteiger partial charge in [0.25, 0.3) is 0 Å².